The summed E-state index contributed by atoms with van der Waals surface area (Å²) in [7, 11) is 0. The highest BCUT2D eigenvalue weighted by molar-refractivity contribution is 7.98. The first-order valence-electron chi connectivity index (χ1n) is 5.71. The summed E-state index contributed by atoms with van der Waals surface area (Å²) in [6.07, 6.45) is 1.96. The molecule has 0 saturated heterocycles. The van der Waals surface area contributed by atoms with Gasteiger partial charge in [0, 0.05) is 11.4 Å². The lowest BCUT2D eigenvalue weighted by molar-refractivity contribution is 0.0952. The summed E-state index contributed by atoms with van der Waals surface area (Å²) in [5, 5.41) is 3.19. The van der Waals surface area contributed by atoms with Crippen LogP contribution in [0.1, 0.15) is 24.2 Å². The Balaban J connectivity index is 2.72. The van der Waals surface area contributed by atoms with Gasteiger partial charge in [-0.05, 0) is 30.4 Å². The Morgan fingerprint density at radius 1 is 1.44 bits per heavy atom. The zero-order valence-corrected chi connectivity index (χ0v) is 13.0. The van der Waals surface area contributed by atoms with Gasteiger partial charge in [-0.3, -0.25) is 4.79 Å². The van der Waals surface area contributed by atoms with Crippen LogP contribution in [0.5, 0.6) is 0 Å². The van der Waals surface area contributed by atoms with Gasteiger partial charge in [-0.2, -0.15) is 0 Å². The van der Waals surface area contributed by atoms with Crippen molar-refractivity contribution in [3.63, 3.8) is 0 Å². The van der Waals surface area contributed by atoms with Crippen LogP contribution in [0.15, 0.2) is 23.1 Å². The Morgan fingerprint density at radius 3 is 2.67 bits per heavy atom. The van der Waals surface area contributed by atoms with E-state index in [-0.39, 0.29) is 11.3 Å². The molecule has 0 fully saturated rings. The largest absolute Gasteiger partial charge is 0.350 e. The summed E-state index contributed by atoms with van der Waals surface area (Å²) in [5.41, 5.74) is 0.496. The molecule has 18 heavy (non-hydrogen) atoms. The minimum Gasteiger partial charge on any atom is -0.350 e. The molecule has 0 aliphatic heterocycles. The van der Waals surface area contributed by atoms with Gasteiger partial charge in [0.05, 0.1) is 16.0 Å². The van der Waals surface area contributed by atoms with E-state index >= 15 is 0 Å². The maximum Gasteiger partial charge on any atom is 0.252 e. The Labute approximate surface area is 122 Å². The van der Waals surface area contributed by atoms with Crippen LogP contribution in [0, 0.1) is 5.92 Å². The van der Waals surface area contributed by atoms with Crippen LogP contribution in [-0.2, 0) is 0 Å². The predicted octanol–water partition coefficient (Wildman–Crippen LogP) is 4.06. The van der Waals surface area contributed by atoms with Crippen LogP contribution in [0.4, 0.5) is 0 Å². The zero-order valence-electron chi connectivity index (χ0n) is 10.7. The number of benzene rings is 1. The second-order valence-electron chi connectivity index (χ2n) is 4.32. The summed E-state index contributed by atoms with van der Waals surface area (Å²) in [6.45, 7) is 4.48. The second-order valence-corrected chi connectivity index (χ2v) is 6.16. The van der Waals surface area contributed by atoms with E-state index in [1.807, 2.05) is 26.2 Å². The Bertz CT molecular complexity index is 423. The highest BCUT2D eigenvalue weighted by Crippen LogP contribution is 2.23. The third-order valence-corrected chi connectivity index (χ3v) is 4.31. The van der Waals surface area contributed by atoms with Crippen molar-refractivity contribution in [1.82, 2.24) is 5.32 Å². The van der Waals surface area contributed by atoms with Gasteiger partial charge in [-0.25, -0.2) is 0 Å². The van der Waals surface area contributed by atoms with Gasteiger partial charge in [-0.1, -0.05) is 25.4 Å². The van der Waals surface area contributed by atoms with Gasteiger partial charge >= 0.3 is 0 Å². The molecule has 1 aromatic carbocycles. The van der Waals surface area contributed by atoms with Crippen molar-refractivity contribution >= 4 is 40.9 Å². The van der Waals surface area contributed by atoms with Crippen LogP contribution in [0.25, 0.3) is 0 Å². The van der Waals surface area contributed by atoms with Gasteiger partial charge in [0.15, 0.2) is 0 Å². The fourth-order valence-corrected chi connectivity index (χ4v) is 2.05. The Morgan fingerprint density at radius 2 is 2.11 bits per heavy atom. The third-order valence-electron chi connectivity index (χ3n) is 2.60. The van der Waals surface area contributed by atoms with E-state index in [2.05, 4.69) is 5.32 Å². The van der Waals surface area contributed by atoms with Crippen LogP contribution >= 0.6 is 35.0 Å². The fourth-order valence-electron chi connectivity index (χ4n) is 1.33. The molecular formula is C13H17Cl2NOS. The molecule has 1 unspecified atom stereocenters. The Hall–Kier alpha value is -0.380. The molecule has 1 rings (SSSR count). The highest BCUT2D eigenvalue weighted by atomic mass is 35.5. The molecule has 1 aromatic rings. The topological polar surface area (TPSA) is 29.1 Å². The van der Waals surface area contributed by atoms with E-state index in [0.29, 0.717) is 23.0 Å². The number of thioether (sulfide) groups is 1. The number of carbonyl (C=O) groups excluding carboxylic acids is 1. The number of alkyl halides is 1. The lowest BCUT2D eigenvalue weighted by atomic mass is 10.1. The number of hydrogen-bond acceptors (Lipinski definition) is 2. The highest BCUT2D eigenvalue weighted by Gasteiger charge is 2.14. The molecule has 2 nitrogen and oxygen atoms in total. The summed E-state index contributed by atoms with van der Waals surface area (Å²) in [6, 6.07) is 5.42. The molecule has 1 amide bonds. The zero-order chi connectivity index (χ0) is 13.7. The normalized spacial score (nSPS) is 12.6. The summed E-state index contributed by atoms with van der Waals surface area (Å²) in [4.78, 5) is 13.0. The van der Waals surface area contributed by atoms with Gasteiger partial charge in [-0.15, -0.1) is 23.4 Å². The molecule has 0 aromatic heterocycles. The number of nitrogens with one attached hydrogen (secondary N) is 1. The molecule has 5 heteroatoms. The first-order valence-corrected chi connectivity index (χ1v) is 7.75. The SMILES string of the molecule is CSc1ccc(Cl)c(C(=O)NCC(Cl)C(C)C)c1. The van der Waals surface area contributed by atoms with E-state index in [4.69, 9.17) is 23.2 Å². The summed E-state index contributed by atoms with van der Waals surface area (Å²) >= 11 is 13.7. The lowest BCUT2D eigenvalue weighted by Crippen LogP contribution is -2.32. The van der Waals surface area contributed by atoms with Crippen LogP contribution in [-0.4, -0.2) is 24.1 Å². The third kappa shape index (κ3) is 4.38. The fraction of sp³-hybridized carbons (Fsp3) is 0.462. The molecule has 100 valence electrons. The molecule has 0 radical (unpaired) electrons. The lowest BCUT2D eigenvalue weighted by Gasteiger charge is -2.14. The first kappa shape index (κ1) is 15.7. The maximum atomic E-state index is 12.0. The van der Waals surface area contributed by atoms with Crippen LogP contribution in [0.3, 0.4) is 0 Å². The van der Waals surface area contributed by atoms with Gasteiger partial charge in [0.25, 0.3) is 5.91 Å². The van der Waals surface area contributed by atoms with E-state index in [1.54, 1.807) is 23.9 Å². The molecule has 0 saturated carbocycles. The smallest absolute Gasteiger partial charge is 0.252 e. The van der Waals surface area contributed by atoms with Crippen molar-refractivity contribution in [2.24, 2.45) is 5.92 Å². The van der Waals surface area contributed by atoms with Crippen molar-refractivity contribution in [2.45, 2.75) is 24.1 Å². The molecule has 0 bridgehead atoms. The monoisotopic (exact) mass is 305 g/mol. The summed E-state index contributed by atoms with van der Waals surface area (Å²) in [5.74, 6) is 0.141. The number of halogens is 2. The number of amides is 1. The van der Waals surface area contributed by atoms with Crippen molar-refractivity contribution < 1.29 is 4.79 Å². The molecule has 1 N–H and O–H groups in total. The van der Waals surface area contributed by atoms with E-state index in [9.17, 15) is 4.79 Å². The second kappa shape index (κ2) is 7.27. The predicted molar refractivity (Wildman–Crippen MR) is 80.0 cm³/mol. The van der Waals surface area contributed by atoms with E-state index in [1.165, 1.54) is 0 Å². The minimum atomic E-state index is -0.179. The molecule has 0 spiro atoms. The number of hydrogen-bond donors (Lipinski definition) is 1. The van der Waals surface area contributed by atoms with Crippen molar-refractivity contribution in [1.29, 1.82) is 0 Å². The van der Waals surface area contributed by atoms with Gasteiger partial charge in [0.2, 0.25) is 0 Å². The minimum absolute atomic E-state index is 0.0727. The molecule has 1 atom stereocenters. The van der Waals surface area contributed by atoms with Crippen LogP contribution < -0.4 is 5.32 Å². The number of carbonyl (C=O) groups is 1. The molecule has 0 aliphatic rings. The summed E-state index contributed by atoms with van der Waals surface area (Å²) < 4.78 is 0. The van der Waals surface area contributed by atoms with Crippen LogP contribution in [0.2, 0.25) is 5.02 Å². The van der Waals surface area contributed by atoms with E-state index < -0.39 is 0 Å². The van der Waals surface area contributed by atoms with Crippen molar-refractivity contribution in [3.8, 4) is 0 Å². The standard InChI is InChI=1S/C13H17Cl2NOS/c1-8(2)12(15)7-16-13(17)10-6-9(18-3)4-5-11(10)14/h4-6,8,12H,7H2,1-3H3,(H,16,17). The number of rotatable bonds is 5. The molecule has 0 heterocycles. The van der Waals surface area contributed by atoms with Gasteiger partial charge < -0.3 is 5.32 Å². The quantitative estimate of drug-likeness (QED) is 0.656. The average Bonchev–Trinajstić information content (AvgIpc) is 2.35. The average molecular weight is 306 g/mol. The molecule has 0 aliphatic carbocycles. The maximum absolute atomic E-state index is 12.0. The van der Waals surface area contributed by atoms with E-state index in [0.717, 1.165) is 4.90 Å². The Kier molecular flexibility index (Phi) is 6.33. The van der Waals surface area contributed by atoms with Crippen molar-refractivity contribution in [2.75, 3.05) is 12.8 Å². The van der Waals surface area contributed by atoms with Gasteiger partial charge in [0.1, 0.15) is 0 Å². The first-order chi connectivity index (χ1) is 8.45. The molecular weight excluding hydrogens is 289 g/mol. The van der Waals surface area contributed by atoms with Crippen molar-refractivity contribution in [3.05, 3.63) is 28.8 Å².